The van der Waals surface area contributed by atoms with Crippen molar-refractivity contribution in [3.63, 3.8) is 0 Å². The van der Waals surface area contributed by atoms with Crippen LogP contribution in [0.5, 0.6) is 5.88 Å². The first-order valence-corrected chi connectivity index (χ1v) is 9.24. The Morgan fingerprint density at radius 2 is 1.90 bits per heavy atom. The maximum Gasteiger partial charge on any atom is 0.417 e. The Bertz CT molecular complexity index is 1240. The Hall–Kier alpha value is -3.66. The third-order valence-corrected chi connectivity index (χ3v) is 4.56. The number of amides is 1. The summed E-state index contributed by atoms with van der Waals surface area (Å²) >= 11 is 5.58. The van der Waals surface area contributed by atoms with E-state index < -0.39 is 29.3 Å². The van der Waals surface area contributed by atoms with Crippen LogP contribution >= 0.6 is 11.6 Å². The van der Waals surface area contributed by atoms with Crippen LogP contribution < -0.4 is 10.1 Å². The Labute approximate surface area is 178 Å². The van der Waals surface area contributed by atoms with Crippen LogP contribution in [0, 0.1) is 0 Å². The molecule has 0 saturated heterocycles. The molecule has 0 unspecified atom stereocenters. The fourth-order valence-corrected chi connectivity index (χ4v) is 3.07. The van der Waals surface area contributed by atoms with Gasteiger partial charge in [0, 0.05) is 5.69 Å². The quantitative estimate of drug-likeness (QED) is 0.487. The Kier molecular flexibility index (Phi) is 5.47. The summed E-state index contributed by atoms with van der Waals surface area (Å²) in [6.07, 6.45) is -1.87. The molecule has 0 radical (unpaired) electrons. The smallest absolute Gasteiger partial charge is 0.417 e. The van der Waals surface area contributed by atoms with E-state index in [4.69, 9.17) is 16.3 Å². The van der Waals surface area contributed by atoms with E-state index in [2.05, 4.69) is 20.4 Å². The molecule has 0 saturated carbocycles. The Morgan fingerprint density at radius 1 is 1.13 bits per heavy atom. The highest BCUT2D eigenvalue weighted by Crippen LogP contribution is 2.36. The number of para-hydroxylation sites is 1. The first kappa shape index (κ1) is 20.6. The van der Waals surface area contributed by atoms with E-state index in [-0.39, 0.29) is 11.6 Å². The van der Waals surface area contributed by atoms with Crippen molar-refractivity contribution >= 4 is 34.2 Å². The maximum atomic E-state index is 13.0. The fraction of sp³-hybridized carbons (Fsp3) is 0.100. The van der Waals surface area contributed by atoms with E-state index in [1.54, 1.807) is 4.68 Å². The van der Waals surface area contributed by atoms with Crippen LogP contribution in [0.2, 0.25) is 5.02 Å². The van der Waals surface area contributed by atoms with Gasteiger partial charge in [-0.1, -0.05) is 29.8 Å². The van der Waals surface area contributed by atoms with Gasteiger partial charge < -0.3 is 10.1 Å². The summed E-state index contributed by atoms with van der Waals surface area (Å²) in [4.78, 5) is 20.4. The molecular formula is C20H13ClF3N5O2. The highest BCUT2D eigenvalue weighted by Gasteiger charge is 2.33. The molecular weight excluding hydrogens is 435 g/mol. The van der Waals surface area contributed by atoms with Crippen molar-refractivity contribution in [1.29, 1.82) is 0 Å². The van der Waals surface area contributed by atoms with Crippen LogP contribution in [0.3, 0.4) is 0 Å². The summed E-state index contributed by atoms with van der Waals surface area (Å²) in [7, 11) is 0. The molecule has 0 atom stereocenters. The summed E-state index contributed by atoms with van der Waals surface area (Å²) in [6, 6.07) is 12.4. The molecule has 11 heteroatoms. The summed E-state index contributed by atoms with van der Waals surface area (Å²) in [5, 5.41) is 6.64. The van der Waals surface area contributed by atoms with Gasteiger partial charge in [0.15, 0.2) is 12.3 Å². The second kappa shape index (κ2) is 8.23. The lowest BCUT2D eigenvalue weighted by Gasteiger charge is -2.12. The number of carbonyl (C=O) groups excluding carboxylic acids is 1. The molecule has 4 aromatic rings. The number of rotatable bonds is 5. The van der Waals surface area contributed by atoms with Gasteiger partial charge >= 0.3 is 6.18 Å². The lowest BCUT2D eigenvalue weighted by Crippen LogP contribution is -2.21. The van der Waals surface area contributed by atoms with Crippen molar-refractivity contribution in [3.05, 3.63) is 71.6 Å². The van der Waals surface area contributed by atoms with Gasteiger partial charge in [0.2, 0.25) is 5.88 Å². The highest BCUT2D eigenvalue weighted by atomic mass is 35.5. The molecule has 158 valence electrons. The molecule has 0 fully saturated rings. The van der Waals surface area contributed by atoms with Crippen LogP contribution in [0.25, 0.3) is 16.7 Å². The van der Waals surface area contributed by atoms with Gasteiger partial charge in [-0.15, -0.1) is 0 Å². The predicted octanol–water partition coefficient (Wildman–Crippen LogP) is 4.51. The standard InChI is InChI=1S/C20H13ClF3N5O2/c21-16-7-6-12(8-15(16)20(22,23)24)28-17(30)10-31-19-14-9-27-29(18(14)25-11-26-19)13-4-2-1-3-5-13/h1-9,11H,10H2,(H,28,30). The van der Waals surface area contributed by atoms with Gasteiger partial charge in [-0.05, 0) is 30.3 Å². The minimum absolute atomic E-state index is 0.0601. The normalized spacial score (nSPS) is 11.5. The topological polar surface area (TPSA) is 81.9 Å². The number of hydrogen-bond acceptors (Lipinski definition) is 5. The zero-order valence-electron chi connectivity index (χ0n) is 15.6. The monoisotopic (exact) mass is 447 g/mol. The number of nitrogens with zero attached hydrogens (tertiary/aromatic N) is 4. The average molecular weight is 448 g/mol. The Morgan fingerprint density at radius 3 is 2.65 bits per heavy atom. The number of nitrogens with one attached hydrogen (secondary N) is 1. The number of benzene rings is 2. The lowest BCUT2D eigenvalue weighted by molar-refractivity contribution is -0.137. The van der Waals surface area contributed by atoms with Gasteiger partial charge in [0.1, 0.15) is 11.7 Å². The second-order valence-electron chi connectivity index (χ2n) is 6.34. The van der Waals surface area contributed by atoms with Gasteiger partial charge in [-0.3, -0.25) is 4.79 Å². The number of halogens is 4. The molecule has 2 aromatic heterocycles. The van der Waals surface area contributed by atoms with Crippen molar-refractivity contribution in [2.45, 2.75) is 6.18 Å². The SMILES string of the molecule is O=C(COc1ncnc2c1cnn2-c1ccccc1)Nc1ccc(Cl)c(C(F)(F)F)c1. The van der Waals surface area contributed by atoms with Crippen molar-refractivity contribution in [2.75, 3.05) is 11.9 Å². The molecule has 0 aliphatic carbocycles. The number of ether oxygens (including phenoxy) is 1. The lowest BCUT2D eigenvalue weighted by atomic mass is 10.2. The molecule has 0 spiro atoms. The molecule has 31 heavy (non-hydrogen) atoms. The minimum Gasteiger partial charge on any atom is -0.467 e. The van der Waals surface area contributed by atoms with E-state index in [0.29, 0.717) is 11.0 Å². The van der Waals surface area contributed by atoms with E-state index in [9.17, 15) is 18.0 Å². The van der Waals surface area contributed by atoms with E-state index in [1.807, 2.05) is 30.3 Å². The summed E-state index contributed by atoms with van der Waals surface area (Å²) < 4.78 is 45.9. The van der Waals surface area contributed by atoms with Crippen LogP contribution in [0.1, 0.15) is 5.56 Å². The number of hydrogen-bond donors (Lipinski definition) is 1. The van der Waals surface area contributed by atoms with Crippen molar-refractivity contribution in [2.24, 2.45) is 0 Å². The molecule has 2 heterocycles. The van der Waals surface area contributed by atoms with Gasteiger partial charge in [0.25, 0.3) is 5.91 Å². The third-order valence-electron chi connectivity index (χ3n) is 4.23. The van der Waals surface area contributed by atoms with Gasteiger partial charge in [-0.25, -0.2) is 14.6 Å². The van der Waals surface area contributed by atoms with E-state index in [1.165, 1.54) is 18.6 Å². The van der Waals surface area contributed by atoms with Gasteiger partial charge in [-0.2, -0.15) is 18.3 Å². The van der Waals surface area contributed by atoms with E-state index in [0.717, 1.165) is 17.8 Å². The predicted molar refractivity (Wildman–Crippen MR) is 107 cm³/mol. The zero-order valence-corrected chi connectivity index (χ0v) is 16.4. The first-order valence-electron chi connectivity index (χ1n) is 8.86. The second-order valence-corrected chi connectivity index (χ2v) is 6.74. The molecule has 0 aliphatic heterocycles. The maximum absolute atomic E-state index is 13.0. The van der Waals surface area contributed by atoms with Crippen LogP contribution in [-0.2, 0) is 11.0 Å². The Balaban J connectivity index is 1.49. The average Bonchev–Trinajstić information content (AvgIpc) is 3.18. The van der Waals surface area contributed by atoms with Crippen LogP contribution in [0.4, 0.5) is 18.9 Å². The van der Waals surface area contributed by atoms with Crippen LogP contribution in [0.15, 0.2) is 61.1 Å². The number of anilines is 1. The number of alkyl halides is 3. The number of carbonyl (C=O) groups is 1. The molecule has 7 nitrogen and oxygen atoms in total. The molecule has 0 aliphatic rings. The van der Waals surface area contributed by atoms with Crippen molar-refractivity contribution < 1.29 is 22.7 Å². The summed E-state index contributed by atoms with van der Waals surface area (Å²) in [6.45, 7) is -0.480. The summed E-state index contributed by atoms with van der Waals surface area (Å²) in [5.74, 6) is -0.549. The zero-order chi connectivity index (χ0) is 22.0. The largest absolute Gasteiger partial charge is 0.467 e. The minimum atomic E-state index is -4.64. The van der Waals surface area contributed by atoms with Crippen molar-refractivity contribution in [3.8, 4) is 11.6 Å². The molecule has 2 aromatic carbocycles. The third kappa shape index (κ3) is 4.43. The number of fused-ring (bicyclic) bond motifs is 1. The molecule has 4 rings (SSSR count). The fourth-order valence-electron chi connectivity index (χ4n) is 2.85. The van der Waals surface area contributed by atoms with Crippen molar-refractivity contribution in [1.82, 2.24) is 19.7 Å². The van der Waals surface area contributed by atoms with E-state index >= 15 is 0 Å². The molecule has 1 N–H and O–H groups in total. The molecule has 0 bridgehead atoms. The van der Waals surface area contributed by atoms with Crippen LogP contribution in [-0.4, -0.2) is 32.3 Å². The first-order chi connectivity index (χ1) is 14.8. The summed E-state index contributed by atoms with van der Waals surface area (Å²) in [5.41, 5.74) is 0.154. The number of aromatic nitrogens is 4. The molecule has 1 amide bonds. The van der Waals surface area contributed by atoms with Gasteiger partial charge in [0.05, 0.1) is 22.5 Å². The highest BCUT2D eigenvalue weighted by molar-refractivity contribution is 6.31.